The topological polar surface area (TPSA) is 26.3 Å². The van der Waals surface area contributed by atoms with Crippen LogP contribution in [0, 0.1) is 0 Å². The molecule has 0 fully saturated rings. The molecule has 0 spiro atoms. The van der Waals surface area contributed by atoms with Crippen LogP contribution in [0.5, 0.6) is 0 Å². The average molecular weight is 114 g/mol. The number of carbonyl (C=O) groups is 1. The molecule has 0 saturated heterocycles. The van der Waals surface area contributed by atoms with Crippen molar-refractivity contribution in [3.05, 3.63) is 12.8 Å². The summed E-state index contributed by atoms with van der Waals surface area (Å²) >= 11 is 0. The molecule has 0 bridgehead atoms. The van der Waals surface area contributed by atoms with Crippen LogP contribution in [0.2, 0.25) is 0 Å². The monoisotopic (exact) mass is 114 g/mol. The van der Waals surface area contributed by atoms with Gasteiger partial charge >= 0.3 is 0 Å². The minimum Gasteiger partial charge on any atom is -0.501 e. The first-order valence-corrected chi connectivity index (χ1v) is 2.49. The molecule has 0 radical (unpaired) electrons. The van der Waals surface area contributed by atoms with Gasteiger partial charge in [0.15, 0.2) is 0 Å². The van der Waals surface area contributed by atoms with Crippen LogP contribution in [0.3, 0.4) is 0 Å². The van der Waals surface area contributed by atoms with E-state index >= 15 is 0 Å². The molecule has 0 aliphatic heterocycles. The Morgan fingerprint density at radius 2 is 2.50 bits per heavy atom. The molecule has 0 aliphatic carbocycles. The van der Waals surface area contributed by atoms with Gasteiger partial charge in [0.1, 0.15) is 5.78 Å². The number of carbonyl (C=O) groups excluding carboxylic acids is 1. The van der Waals surface area contributed by atoms with Crippen molar-refractivity contribution in [2.45, 2.75) is 13.3 Å². The zero-order valence-corrected chi connectivity index (χ0v) is 5.02. The largest absolute Gasteiger partial charge is 0.501 e. The van der Waals surface area contributed by atoms with Crippen molar-refractivity contribution in [3.63, 3.8) is 0 Å². The number of ketones is 1. The fourth-order valence-electron chi connectivity index (χ4n) is 0.286. The Labute approximate surface area is 49.1 Å². The second kappa shape index (κ2) is 4.37. The lowest BCUT2D eigenvalue weighted by Gasteiger charge is -1.93. The smallest absolute Gasteiger partial charge is 0.133 e. The van der Waals surface area contributed by atoms with Crippen LogP contribution in [-0.2, 0) is 9.53 Å². The van der Waals surface area contributed by atoms with Gasteiger partial charge in [0.05, 0.1) is 12.9 Å². The van der Waals surface area contributed by atoms with Gasteiger partial charge in [-0.1, -0.05) is 6.58 Å². The van der Waals surface area contributed by atoms with Crippen molar-refractivity contribution in [2.75, 3.05) is 6.61 Å². The Kier molecular flexibility index (Phi) is 3.94. The van der Waals surface area contributed by atoms with Gasteiger partial charge in [-0.25, -0.2) is 0 Å². The van der Waals surface area contributed by atoms with E-state index in [4.69, 9.17) is 0 Å². The van der Waals surface area contributed by atoms with Crippen molar-refractivity contribution in [2.24, 2.45) is 0 Å². The van der Waals surface area contributed by atoms with Gasteiger partial charge in [-0.3, -0.25) is 4.79 Å². The second-order valence-electron chi connectivity index (χ2n) is 1.49. The molecule has 0 saturated carbocycles. The lowest BCUT2D eigenvalue weighted by Crippen LogP contribution is -1.95. The summed E-state index contributed by atoms with van der Waals surface area (Å²) in [5, 5.41) is 0. The van der Waals surface area contributed by atoms with Crippen LogP contribution in [-0.4, -0.2) is 12.4 Å². The summed E-state index contributed by atoms with van der Waals surface area (Å²) in [6.45, 7) is 5.32. The third kappa shape index (κ3) is 5.21. The Bertz CT molecular complexity index is 86.5. The number of hydrogen-bond acceptors (Lipinski definition) is 2. The van der Waals surface area contributed by atoms with Crippen LogP contribution in [0.15, 0.2) is 12.8 Å². The Balaban J connectivity index is 2.93. The number of hydrogen-bond donors (Lipinski definition) is 0. The van der Waals surface area contributed by atoms with Crippen LogP contribution in [0.4, 0.5) is 0 Å². The minimum absolute atomic E-state index is 0.145. The summed E-state index contributed by atoms with van der Waals surface area (Å²) in [5.41, 5.74) is 0. The molecule has 46 valence electrons. The molecule has 8 heavy (non-hydrogen) atoms. The molecular formula is C6H10O2. The Morgan fingerprint density at radius 3 is 2.88 bits per heavy atom. The molecular weight excluding hydrogens is 104 g/mol. The third-order valence-corrected chi connectivity index (χ3v) is 0.690. The summed E-state index contributed by atoms with van der Waals surface area (Å²) in [6.07, 6.45) is 1.81. The maximum Gasteiger partial charge on any atom is 0.133 e. The van der Waals surface area contributed by atoms with Gasteiger partial charge in [0, 0.05) is 6.42 Å². The lowest BCUT2D eigenvalue weighted by molar-refractivity contribution is -0.117. The molecule has 0 aliphatic rings. The van der Waals surface area contributed by atoms with E-state index in [1.807, 2.05) is 0 Å². The van der Waals surface area contributed by atoms with Crippen molar-refractivity contribution in [1.82, 2.24) is 0 Å². The molecule has 0 heterocycles. The number of Topliss-reactive ketones (excluding diaryl/α,β-unsaturated/α-hetero) is 1. The van der Waals surface area contributed by atoms with Crippen LogP contribution < -0.4 is 0 Å². The van der Waals surface area contributed by atoms with Crippen LogP contribution in [0.25, 0.3) is 0 Å². The summed E-state index contributed by atoms with van der Waals surface area (Å²) in [5.74, 6) is 0.145. The summed E-state index contributed by atoms with van der Waals surface area (Å²) in [4.78, 5) is 10.2. The molecule has 0 atom stereocenters. The van der Waals surface area contributed by atoms with Gasteiger partial charge in [-0.2, -0.15) is 0 Å². The average Bonchev–Trinajstić information content (AvgIpc) is 1.66. The molecule has 2 nitrogen and oxygen atoms in total. The van der Waals surface area contributed by atoms with E-state index in [-0.39, 0.29) is 5.78 Å². The number of rotatable bonds is 4. The summed E-state index contributed by atoms with van der Waals surface area (Å²) in [6, 6.07) is 0. The highest BCUT2D eigenvalue weighted by Crippen LogP contribution is 1.82. The second-order valence-corrected chi connectivity index (χ2v) is 1.49. The molecule has 0 rings (SSSR count). The molecule has 0 aromatic rings. The highest BCUT2D eigenvalue weighted by Gasteiger charge is 1.88. The first-order valence-electron chi connectivity index (χ1n) is 2.49. The predicted octanol–water partition coefficient (Wildman–Crippen LogP) is 1.13. The fourth-order valence-corrected chi connectivity index (χ4v) is 0.286. The normalized spacial score (nSPS) is 8.12. The van der Waals surface area contributed by atoms with E-state index < -0.39 is 0 Å². The standard InChI is InChI=1S/C6H10O2/c1-3-8-5-4-6(2)7/h3H,1,4-5H2,2H3. The van der Waals surface area contributed by atoms with Crippen LogP contribution >= 0.6 is 0 Å². The minimum atomic E-state index is 0.145. The zero-order valence-electron chi connectivity index (χ0n) is 5.02. The predicted molar refractivity (Wildman–Crippen MR) is 31.4 cm³/mol. The molecule has 0 unspecified atom stereocenters. The van der Waals surface area contributed by atoms with E-state index in [9.17, 15) is 4.79 Å². The zero-order chi connectivity index (χ0) is 6.41. The van der Waals surface area contributed by atoms with Gasteiger partial charge in [-0.15, -0.1) is 0 Å². The first-order chi connectivity index (χ1) is 3.77. The maximum absolute atomic E-state index is 10.2. The van der Waals surface area contributed by atoms with Gasteiger partial charge in [0.25, 0.3) is 0 Å². The molecule has 0 N–H and O–H groups in total. The van der Waals surface area contributed by atoms with E-state index in [0.29, 0.717) is 13.0 Å². The highest BCUT2D eigenvalue weighted by molar-refractivity contribution is 5.75. The number of ether oxygens (including phenoxy) is 1. The van der Waals surface area contributed by atoms with E-state index in [1.165, 1.54) is 13.2 Å². The summed E-state index contributed by atoms with van der Waals surface area (Å²) < 4.78 is 4.69. The van der Waals surface area contributed by atoms with Gasteiger partial charge in [0.2, 0.25) is 0 Å². The van der Waals surface area contributed by atoms with Gasteiger partial charge in [-0.05, 0) is 6.92 Å². The summed E-state index contributed by atoms with van der Waals surface area (Å²) in [7, 11) is 0. The molecule has 0 aromatic heterocycles. The molecule has 2 heteroatoms. The quantitative estimate of drug-likeness (QED) is 0.404. The maximum atomic E-state index is 10.2. The van der Waals surface area contributed by atoms with Gasteiger partial charge < -0.3 is 4.74 Å². The SMILES string of the molecule is C=COCCC(C)=O. The van der Waals surface area contributed by atoms with E-state index in [2.05, 4.69) is 11.3 Å². The lowest BCUT2D eigenvalue weighted by atomic mass is 10.3. The van der Waals surface area contributed by atoms with Crippen molar-refractivity contribution in [3.8, 4) is 0 Å². The van der Waals surface area contributed by atoms with Crippen molar-refractivity contribution in [1.29, 1.82) is 0 Å². The fraction of sp³-hybridized carbons (Fsp3) is 0.500. The Hall–Kier alpha value is -0.790. The van der Waals surface area contributed by atoms with E-state index in [0.717, 1.165) is 0 Å². The van der Waals surface area contributed by atoms with Crippen molar-refractivity contribution >= 4 is 5.78 Å². The molecule has 0 amide bonds. The Morgan fingerprint density at radius 1 is 1.88 bits per heavy atom. The third-order valence-electron chi connectivity index (χ3n) is 0.690. The first kappa shape index (κ1) is 7.21. The van der Waals surface area contributed by atoms with Crippen molar-refractivity contribution < 1.29 is 9.53 Å². The van der Waals surface area contributed by atoms with E-state index in [1.54, 1.807) is 0 Å². The van der Waals surface area contributed by atoms with Crippen LogP contribution in [0.1, 0.15) is 13.3 Å². The molecule has 0 aromatic carbocycles. The highest BCUT2D eigenvalue weighted by atomic mass is 16.5.